The Morgan fingerprint density at radius 3 is 2.32 bits per heavy atom. The fourth-order valence-electron chi connectivity index (χ4n) is 1.57. The van der Waals surface area contributed by atoms with Crippen LogP contribution in [0.2, 0.25) is 0 Å². The third-order valence-corrected chi connectivity index (χ3v) is 2.34. The molecule has 0 saturated heterocycles. The van der Waals surface area contributed by atoms with Crippen molar-refractivity contribution in [1.82, 2.24) is 9.97 Å². The Bertz CT molecular complexity index is 545. The van der Waals surface area contributed by atoms with Gasteiger partial charge >= 0.3 is 6.36 Å². The number of halogens is 3. The van der Waals surface area contributed by atoms with Gasteiger partial charge in [0, 0.05) is 18.0 Å². The third-order valence-electron chi connectivity index (χ3n) is 2.34. The average Bonchev–Trinajstić information content (AvgIpc) is 2.38. The quantitative estimate of drug-likeness (QED) is 0.929. The molecule has 0 radical (unpaired) electrons. The summed E-state index contributed by atoms with van der Waals surface area (Å²) in [5, 5.41) is 0. The van der Waals surface area contributed by atoms with Crippen molar-refractivity contribution < 1.29 is 17.9 Å². The van der Waals surface area contributed by atoms with Crippen molar-refractivity contribution in [3.63, 3.8) is 0 Å². The predicted octanol–water partition coefficient (Wildman–Crippen LogP) is 2.42. The first-order chi connectivity index (χ1) is 8.97. The van der Waals surface area contributed by atoms with Gasteiger partial charge in [0.2, 0.25) is 0 Å². The highest BCUT2D eigenvalue weighted by molar-refractivity contribution is 5.38. The van der Waals surface area contributed by atoms with Gasteiger partial charge < -0.3 is 10.5 Å². The van der Waals surface area contributed by atoms with E-state index in [1.165, 1.54) is 30.6 Å². The number of aromatic nitrogens is 2. The molecule has 1 aromatic heterocycles. The number of rotatable bonds is 3. The summed E-state index contributed by atoms with van der Waals surface area (Å²) in [6.07, 6.45) is -1.84. The molecule has 1 heterocycles. The molecule has 0 saturated carbocycles. The maximum absolute atomic E-state index is 12.3. The summed E-state index contributed by atoms with van der Waals surface area (Å²) in [7, 11) is 0. The zero-order valence-corrected chi connectivity index (χ0v) is 9.63. The van der Waals surface area contributed by atoms with Crippen molar-refractivity contribution in [1.29, 1.82) is 0 Å². The molecule has 0 amide bonds. The lowest BCUT2D eigenvalue weighted by molar-refractivity contribution is -0.274. The molecule has 1 atom stereocenters. The highest BCUT2D eigenvalue weighted by Gasteiger charge is 2.32. The summed E-state index contributed by atoms with van der Waals surface area (Å²) in [5.41, 5.74) is 6.04. The number of para-hydroxylation sites is 1. The fourth-order valence-corrected chi connectivity index (χ4v) is 1.57. The van der Waals surface area contributed by atoms with E-state index in [1.54, 1.807) is 12.1 Å². The smallest absolute Gasteiger partial charge is 0.405 e. The number of nitrogens with two attached hydrogens (primary N) is 1. The maximum Gasteiger partial charge on any atom is 0.573 e. The molecular formula is C12H10F3N3O. The molecule has 2 N–H and O–H groups in total. The van der Waals surface area contributed by atoms with Crippen molar-refractivity contribution in [2.45, 2.75) is 12.4 Å². The summed E-state index contributed by atoms with van der Waals surface area (Å²) in [4.78, 5) is 7.84. The van der Waals surface area contributed by atoms with Crippen LogP contribution in [0.15, 0.2) is 42.7 Å². The van der Waals surface area contributed by atoms with Crippen LogP contribution in [0.4, 0.5) is 13.2 Å². The average molecular weight is 269 g/mol. The van der Waals surface area contributed by atoms with Crippen LogP contribution in [0, 0.1) is 0 Å². The van der Waals surface area contributed by atoms with E-state index in [0.717, 1.165) is 0 Å². The van der Waals surface area contributed by atoms with E-state index in [1.807, 2.05) is 0 Å². The minimum atomic E-state index is -4.77. The van der Waals surface area contributed by atoms with Gasteiger partial charge in [-0.1, -0.05) is 18.2 Å². The van der Waals surface area contributed by atoms with Crippen LogP contribution in [0.5, 0.6) is 5.75 Å². The zero-order valence-electron chi connectivity index (χ0n) is 9.63. The normalized spacial score (nSPS) is 13.1. The number of ether oxygens (including phenoxy) is 1. The first kappa shape index (κ1) is 13.3. The van der Waals surface area contributed by atoms with Crippen LogP contribution in [0.3, 0.4) is 0 Å². The van der Waals surface area contributed by atoms with Crippen LogP contribution < -0.4 is 10.5 Å². The highest BCUT2D eigenvalue weighted by Crippen LogP contribution is 2.30. The Kier molecular flexibility index (Phi) is 3.66. The fraction of sp³-hybridized carbons (Fsp3) is 0.167. The van der Waals surface area contributed by atoms with Crippen LogP contribution in [-0.2, 0) is 0 Å². The molecular weight excluding hydrogens is 259 g/mol. The topological polar surface area (TPSA) is 61.0 Å². The summed E-state index contributed by atoms with van der Waals surface area (Å²) in [5.74, 6) is -0.129. The van der Waals surface area contributed by atoms with E-state index < -0.39 is 12.4 Å². The second kappa shape index (κ2) is 5.23. The van der Waals surface area contributed by atoms with Crippen LogP contribution in [0.25, 0.3) is 0 Å². The minimum Gasteiger partial charge on any atom is -0.405 e. The Balaban J connectivity index is 2.35. The third kappa shape index (κ3) is 3.41. The molecule has 0 fully saturated rings. The van der Waals surface area contributed by atoms with E-state index in [0.29, 0.717) is 0 Å². The van der Waals surface area contributed by atoms with E-state index >= 15 is 0 Å². The number of alkyl halides is 3. The molecule has 0 aliphatic rings. The lowest BCUT2D eigenvalue weighted by Gasteiger charge is -2.16. The van der Waals surface area contributed by atoms with Crippen molar-refractivity contribution in [3.8, 4) is 5.75 Å². The minimum absolute atomic E-state index is 0.172. The van der Waals surface area contributed by atoms with Gasteiger partial charge in [0.25, 0.3) is 0 Å². The van der Waals surface area contributed by atoms with E-state index in [4.69, 9.17) is 5.73 Å². The summed E-state index contributed by atoms with van der Waals surface area (Å²) in [6.45, 7) is 0. The Morgan fingerprint density at radius 1 is 1.05 bits per heavy atom. The first-order valence-electron chi connectivity index (χ1n) is 5.34. The van der Waals surface area contributed by atoms with Crippen molar-refractivity contribution in [2.75, 3.05) is 0 Å². The van der Waals surface area contributed by atoms with Gasteiger partial charge in [0.15, 0.2) is 0 Å². The molecule has 1 aromatic carbocycles. The molecule has 0 bridgehead atoms. The maximum atomic E-state index is 12.3. The van der Waals surface area contributed by atoms with E-state index in [9.17, 15) is 13.2 Å². The van der Waals surface area contributed by atoms with Gasteiger partial charge in [0.1, 0.15) is 11.6 Å². The van der Waals surface area contributed by atoms with E-state index in [-0.39, 0.29) is 17.1 Å². The lowest BCUT2D eigenvalue weighted by atomic mass is 10.1. The van der Waals surface area contributed by atoms with Crippen molar-refractivity contribution >= 4 is 0 Å². The molecule has 19 heavy (non-hydrogen) atoms. The van der Waals surface area contributed by atoms with Gasteiger partial charge in [-0.3, -0.25) is 0 Å². The number of benzene rings is 1. The highest BCUT2D eigenvalue weighted by atomic mass is 19.4. The first-order valence-corrected chi connectivity index (χ1v) is 5.34. The largest absolute Gasteiger partial charge is 0.573 e. The predicted molar refractivity (Wildman–Crippen MR) is 61.2 cm³/mol. The van der Waals surface area contributed by atoms with Gasteiger partial charge in [-0.15, -0.1) is 13.2 Å². The molecule has 0 spiro atoms. The molecule has 7 heteroatoms. The second-order valence-corrected chi connectivity index (χ2v) is 3.67. The van der Waals surface area contributed by atoms with Crippen LogP contribution in [0.1, 0.15) is 17.4 Å². The molecule has 2 rings (SSSR count). The number of hydrogen-bond acceptors (Lipinski definition) is 4. The summed E-state index contributed by atoms with van der Waals surface area (Å²) >= 11 is 0. The lowest BCUT2D eigenvalue weighted by Crippen LogP contribution is -2.21. The molecule has 0 aliphatic carbocycles. The van der Waals surface area contributed by atoms with Crippen molar-refractivity contribution in [2.24, 2.45) is 5.73 Å². The van der Waals surface area contributed by atoms with Gasteiger partial charge in [-0.2, -0.15) is 0 Å². The van der Waals surface area contributed by atoms with Crippen molar-refractivity contribution in [3.05, 3.63) is 54.1 Å². The zero-order chi connectivity index (χ0) is 13.9. The molecule has 1 unspecified atom stereocenters. The number of hydrogen-bond donors (Lipinski definition) is 1. The summed E-state index contributed by atoms with van der Waals surface area (Å²) in [6, 6.07) is 6.35. The monoisotopic (exact) mass is 269 g/mol. The SMILES string of the molecule is NC(c1ncccn1)c1ccccc1OC(F)(F)F. The molecule has 4 nitrogen and oxygen atoms in total. The van der Waals surface area contributed by atoms with E-state index in [2.05, 4.69) is 14.7 Å². The Morgan fingerprint density at radius 2 is 1.68 bits per heavy atom. The Hall–Kier alpha value is -2.15. The van der Waals surface area contributed by atoms with Gasteiger partial charge in [0.05, 0.1) is 6.04 Å². The standard InChI is InChI=1S/C12H10F3N3O/c13-12(14,15)19-9-5-2-1-4-8(9)10(16)11-17-6-3-7-18-11/h1-7,10H,16H2. The van der Waals surface area contributed by atoms with Gasteiger partial charge in [-0.05, 0) is 12.1 Å². The number of nitrogens with zero attached hydrogens (tertiary/aromatic N) is 2. The van der Waals surface area contributed by atoms with Crippen LogP contribution >= 0.6 is 0 Å². The van der Waals surface area contributed by atoms with Gasteiger partial charge in [-0.25, -0.2) is 9.97 Å². The molecule has 2 aromatic rings. The van der Waals surface area contributed by atoms with Crippen LogP contribution in [-0.4, -0.2) is 16.3 Å². The second-order valence-electron chi connectivity index (χ2n) is 3.67. The summed E-state index contributed by atoms with van der Waals surface area (Å²) < 4.78 is 40.8. The molecule has 100 valence electrons. The Labute approximate surface area is 107 Å². The molecule has 0 aliphatic heterocycles.